The first-order chi connectivity index (χ1) is 7.79. The molecule has 1 atom stereocenters. The van der Waals surface area contributed by atoms with Crippen LogP contribution in [0, 0.1) is 5.41 Å². The summed E-state index contributed by atoms with van der Waals surface area (Å²) in [6.45, 7) is 5.07. The summed E-state index contributed by atoms with van der Waals surface area (Å²) in [5, 5.41) is 1.22. The number of hydrogen-bond acceptors (Lipinski definition) is 1. The second kappa shape index (κ2) is 5.86. The minimum Gasteiger partial charge on any atom is -0.300 e. The molecule has 2 rings (SSSR count). The number of likely N-dealkylation sites (tertiary alicyclic amines) is 1. The molecule has 1 heterocycles. The van der Waals surface area contributed by atoms with E-state index in [1.807, 2.05) is 0 Å². The Kier molecular flexibility index (Phi) is 4.72. The third-order valence-corrected chi connectivity index (χ3v) is 5.90. The summed E-state index contributed by atoms with van der Waals surface area (Å²) in [5.74, 6) is 0. The van der Waals surface area contributed by atoms with Crippen LogP contribution in [0.3, 0.4) is 0 Å². The molecule has 0 bridgehead atoms. The van der Waals surface area contributed by atoms with E-state index in [0.717, 1.165) is 6.04 Å². The average Bonchev–Trinajstić information content (AvgIpc) is 2.79. The summed E-state index contributed by atoms with van der Waals surface area (Å²) < 4.78 is 0. The first-order valence-electron chi connectivity index (χ1n) is 7.10. The van der Waals surface area contributed by atoms with Gasteiger partial charge in [-0.2, -0.15) is 0 Å². The van der Waals surface area contributed by atoms with E-state index in [2.05, 4.69) is 27.8 Å². The normalized spacial score (nSPS) is 30.8. The molecule has 0 aromatic carbocycles. The summed E-state index contributed by atoms with van der Waals surface area (Å²) in [4.78, 5) is 2.80. The van der Waals surface area contributed by atoms with Crippen LogP contribution < -0.4 is 0 Å². The maximum Gasteiger partial charge on any atom is 0.0100 e. The molecule has 1 aliphatic heterocycles. The molecular weight excluding hydrogens is 262 g/mol. The van der Waals surface area contributed by atoms with E-state index in [-0.39, 0.29) is 0 Å². The zero-order valence-corrected chi connectivity index (χ0v) is 12.3. The molecular formula is C14H26BrN. The van der Waals surface area contributed by atoms with Crippen molar-refractivity contribution in [2.75, 3.05) is 18.4 Å². The Morgan fingerprint density at radius 2 is 1.94 bits per heavy atom. The zero-order chi connectivity index (χ0) is 11.4. The molecule has 0 amide bonds. The fourth-order valence-corrected chi connectivity index (χ4v) is 4.36. The summed E-state index contributed by atoms with van der Waals surface area (Å²) >= 11 is 3.78. The molecule has 0 N–H and O–H groups in total. The summed E-state index contributed by atoms with van der Waals surface area (Å²) in [7, 11) is 0. The monoisotopic (exact) mass is 287 g/mol. The third-order valence-electron chi connectivity index (χ3n) is 4.71. The van der Waals surface area contributed by atoms with Crippen LogP contribution in [0.2, 0.25) is 0 Å². The molecule has 2 fully saturated rings. The summed E-state index contributed by atoms with van der Waals surface area (Å²) in [6.07, 6.45) is 11.5. The molecule has 1 saturated carbocycles. The Labute approximate surface area is 109 Å². The van der Waals surface area contributed by atoms with E-state index < -0.39 is 0 Å². The molecule has 16 heavy (non-hydrogen) atoms. The van der Waals surface area contributed by atoms with Crippen LogP contribution in [0.1, 0.15) is 58.3 Å². The van der Waals surface area contributed by atoms with Crippen molar-refractivity contribution < 1.29 is 0 Å². The predicted molar refractivity (Wildman–Crippen MR) is 74.2 cm³/mol. The molecule has 0 radical (unpaired) electrons. The molecule has 1 saturated heterocycles. The van der Waals surface area contributed by atoms with Crippen LogP contribution >= 0.6 is 15.9 Å². The topological polar surface area (TPSA) is 3.24 Å². The highest BCUT2D eigenvalue weighted by Crippen LogP contribution is 2.41. The first kappa shape index (κ1) is 12.9. The number of alkyl halides is 1. The van der Waals surface area contributed by atoms with Gasteiger partial charge in [-0.05, 0) is 44.1 Å². The average molecular weight is 288 g/mol. The highest BCUT2D eigenvalue weighted by Gasteiger charge is 2.36. The van der Waals surface area contributed by atoms with Gasteiger partial charge < -0.3 is 0 Å². The Morgan fingerprint density at radius 1 is 1.19 bits per heavy atom. The second-order valence-corrected chi connectivity index (χ2v) is 6.43. The number of rotatable bonds is 4. The van der Waals surface area contributed by atoms with Crippen LogP contribution in [0.4, 0.5) is 0 Å². The molecule has 1 aliphatic carbocycles. The minimum absolute atomic E-state index is 0.616. The van der Waals surface area contributed by atoms with Crippen molar-refractivity contribution in [3.05, 3.63) is 0 Å². The highest BCUT2D eigenvalue weighted by atomic mass is 79.9. The Hall–Kier alpha value is 0.440. The van der Waals surface area contributed by atoms with Gasteiger partial charge in [-0.15, -0.1) is 0 Å². The van der Waals surface area contributed by atoms with Gasteiger partial charge in [0.25, 0.3) is 0 Å². The van der Waals surface area contributed by atoms with Gasteiger partial charge in [0.2, 0.25) is 0 Å². The van der Waals surface area contributed by atoms with Gasteiger partial charge in [-0.3, -0.25) is 4.90 Å². The standard InChI is InChI=1S/C14H26BrN/c1-2-13-7-3-6-10-16(13)12-14(11-15)8-4-5-9-14/h13H,2-12H2,1H3. The molecule has 1 nitrogen and oxygen atoms in total. The van der Waals surface area contributed by atoms with Crippen molar-refractivity contribution in [2.24, 2.45) is 5.41 Å². The maximum atomic E-state index is 3.78. The van der Waals surface area contributed by atoms with E-state index in [4.69, 9.17) is 0 Å². The first-order valence-corrected chi connectivity index (χ1v) is 8.22. The molecule has 2 aliphatic rings. The zero-order valence-electron chi connectivity index (χ0n) is 10.7. The molecule has 0 aromatic rings. The van der Waals surface area contributed by atoms with Crippen molar-refractivity contribution in [3.8, 4) is 0 Å². The quantitative estimate of drug-likeness (QED) is 0.701. The smallest absolute Gasteiger partial charge is 0.0100 e. The lowest BCUT2D eigenvalue weighted by molar-refractivity contribution is 0.0908. The van der Waals surface area contributed by atoms with Crippen molar-refractivity contribution in [1.29, 1.82) is 0 Å². The number of nitrogens with zero attached hydrogens (tertiary/aromatic N) is 1. The van der Waals surface area contributed by atoms with Gasteiger partial charge in [-0.25, -0.2) is 0 Å². The lowest BCUT2D eigenvalue weighted by Gasteiger charge is -2.41. The van der Waals surface area contributed by atoms with Crippen molar-refractivity contribution in [3.63, 3.8) is 0 Å². The van der Waals surface area contributed by atoms with Crippen LogP contribution in [0.15, 0.2) is 0 Å². The van der Waals surface area contributed by atoms with Crippen LogP contribution in [0.25, 0.3) is 0 Å². The van der Waals surface area contributed by atoms with Crippen LogP contribution in [-0.2, 0) is 0 Å². The van der Waals surface area contributed by atoms with Gasteiger partial charge >= 0.3 is 0 Å². The Balaban J connectivity index is 1.95. The molecule has 2 heteroatoms. The van der Waals surface area contributed by atoms with E-state index in [0.29, 0.717) is 5.41 Å². The van der Waals surface area contributed by atoms with E-state index in [1.165, 1.54) is 69.8 Å². The highest BCUT2D eigenvalue weighted by molar-refractivity contribution is 9.09. The van der Waals surface area contributed by atoms with Gasteiger partial charge in [0, 0.05) is 17.9 Å². The van der Waals surface area contributed by atoms with Gasteiger partial charge in [0.05, 0.1) is 0 Å². The minimum atomic E-state index is 0.616. The van der Waals surface area contributed by atoms with E-state index in [1.54, 1.807) is 0 Å². The van der Waals surface area contributed by atoms with Gasteiger partial charge in [-0.1, -0.05) is 42.1 Å². The number of hydrogen-bond donors (Lipinski definition) is 0. The van der Waals surface area contributed by atoms with Crippen molar-refractivity contribution >= 4 is 15.9 Å². The fraction of sp³-hybridized carbons (Fsp3) is 1.00. The van der Waals surface area contributed by atoms with Crippen LogP contribution in [-0.4, -0.2) is 29.4 Å². The van der Waals surface area contributed by atoms with E-state index in [9.17, 15) is 0 Å². The lowest BCUT2D eigenvalue weighted by Crippen LogP contribution is -2.45. The second-order valence-electron chi connectivity index (χ2n) is 5.87. The SMILES string of the molecule is CCC1CCCCN1CC1(CBr)CCCC1. The van der Waals surface area contributed by atoms with Gasteiger partial charge in [0.1, 0.15) is 0 Å². The maximum absolute atomic E-state index is 3.78. The predicted octanol–water partition coefficient (Wildman–Crippen LogP) is 4.21. The Morgan fingerprint density at radius 3 is 2.56 bits per heavy atom. The molecule has 0 aromatic heterocycles. The Bertz CT molecular complexity index is 211. The van der Waals surface area contributed by atoms with Gasteiger partial charge in [0.15, 0.2) is 0 Å². The number of halogens is 1. The van der Waals surface area contributed by atoms with Crippen molar-refractivity contribution in [2.45, 2.75) is 64.3 Å². The van der Waals surface area contributed by atoms with Crippen LogP contribution in [0.5, 0.6) is 0 Å². The molecule has 0 spiro atoms. The van der Waals surface area contributed by atoms with Crippen molar-refractivity contribution in [1.82, 2.24) is 4.90 Å². The molecule has 94 valence electrons. The number of piperidine rings is 1. The summed E-state index contributed by atoms with van der Waals surface area (Å²) in [5.41, 5.74) is 0.616. The molecule has 1 unspecified atom stereocenters. The van der Waals surface area contributed by atoms with E-state index >= 15 is 0 Å². The third kappa shape index (κ3) is 2.81. The lowest BCUT2D eigenvalue weighted by atomic mass is 9.86. The largest absolute Gasteiger partial charge is 0.300 e. The summed E-state index contributed by atoms with van der Waals surface area (Å²) in [6, 6.07) is 0.880. The fourth-order valence-electron chi connectivity index (χ4n) is 3.62.